The molecule has 0 amide bonds. The Morgan fingerprint density at radius 1 is 1.36 bits per heavy atom. The summed E-state index contributed by atoms with van der Waals surface area (Å²) in [6, 6.07) is 5.09. The number of aromatic hydroxyl groups is 1. The Morgan fingerprint density at radius 3 is 2.76 bits per heavy atom. The molecule has 5 nitrogen and oxygen atoms in total. The number of phenols is 1. The molecule has 0 saturated heterocycles. The number of aliphatic hydroxyl groups excluding tert-OH is 1. The van der Waals surface area contributed by atoms with Gasteiger partial charge in [0.15, 0.2) is 0 Å². The summed E-state index contributed by atoms with van der Waals surface area (Å²) in [5, 5.41) is 22.9. The van der Waals surface area contributed by atoms with E-state index >= 15 is 0 Å². The second-order valence-corrected chi connectivity index (χ2v) is 6.17. The SMILES string of the molecule is CCCCc1cccc(O)c1C(=O)OC(C/C=C/NC)CC(O)CC. The molecule has 0 radical (unpaired) electrons. The molecule has 1 aromatic carbocycles. The highest BCUT2D eigenvalue weighted by Crippen LogP contribution is 2.25. The van der Waals surface area contributed by atoms with Crippen LogP contribution in [0.4, 0.5) is 0 Å². The van der Waals surface area contributed by atoms with E-state index in [2.05, 4.69) is 12.2 Å². The first kappa shape index (κ1) is 21.0. The minimum absolute atomic E-state index is 0.0563. The highest BCUT2D eigenvalue weighted by molar-refractivity contribution is 5.94. The van der Waals surface area contributed by atoms with Crippen LogP contribution in [0.2, 0.25) is 0 Å². The third kappa shape index (κ3) is 7.18. The lowest BCUT2D eigenvalue weighted by atomic mass is 10.0. The minimum Gasteiger partial charge on any atom is -0.507 e. The van der Waals surface area contributed by atoms with E-state index in [1.54, 1.807) is 19.3 Å². The van der Waals surface area contributed by atoms with E-state index in [4.69, 9.17) is 4.74 Å². The number of nitrogens with one attached hydrogen (secondary N) is 1. The lowest BCUT2D eigenvalue weighted by molar-refractivity contribution is 0.0148. The zero-order valence-corrected chi connectivity index (χ0v) is 15.5. The molecule has 0 bridgehead atoms. The van der Waals surface area contributed by atoms with Gasteiger partial charge in [-0.25, -0.2) is 4.79 Å². The third-order valence-corrected chi connectivity index (χ3v) is 4.10. The highest BCUT2D eigenvalue weighted by Gasteiger charge is 2.22. The third-order valence-electron chi connectivity index (χ3n) is 4.10. The van der Waals surface area contributed by atoms with Crippen molar-refractivity contribution in [1.82, 2.24) is 5.32 Å². The largest absolute Gasteiger partial charge is 0.507 e. The molecule has 2 atom stereocenters. The number of carbonyl (C=O) groups is 1. The number of hydrogen-bond donors (Lipinski definition) is 3. The summed E-state index contributed by atoms with van der Waals surface area (Å²) in [6.07, 6.45) is 6.80. The molecule has 1 rings (SSSR count). The molecular weight excluding hydrogens is 318 g/mol. The average Bonchev–Trinajstić information content (AvgIpc) is 2.59. The summed E-state index contributed by atoms with van der Waals surface area (Å²) in [5.74, 6) is -0.588. The zero-order valence-electron chi connectivity index (χ0n) is 15.5. The van der Waals surface area contributed by atoms with E-state index in [0.717, 1.165) is 24.8 Å². The summed E-state index contributed by atoms with van der Waals surface area (Å²) in [4.78, 5) is 12.7. The lowest BCUT2D eigenvalue weighted by Crippen LogP contribution is -2.24. The Hall–Kier alpha value is -2.01. The molecule has 0 heterocycles. The Labute approximate surface area is 150 Å². The van der Waals surface area contributed by atoms with Crippen molar-refractivity contribution in [2.75, 3.05) is 7.05 Å². The summed E-state index contributed by atoms with van der Waals surface area (Å²) in [7, 11) is 1.79. The summed E-state index contributed by atoms with van der Waals surface area (Å²) >= 11 is 0. The number of benzene rings is 1. The maximum Gasteiger partial charge on any atom is 0.342 e. The van der Waals surface area contributed by atoms with Gasteiger partial charge in [0, 0.05) is 19.9 Å². The second-order valence-electron chi connectivity index (χ2n) is 6.17. The number of unbranched alkanes of at least 4 members (excludes halogenated alkanes) is 1. The Kier molecular flexibility index (Phi) is 9.70. The topological polar surface area (TPSA) is 78.8 Å². The molecule has 3 N–H and O–H groups in total. The van der Waals surface area contributed by atoms with Crippen molar-refractivity contribution in [3.63, 3.8) is 0 Å². The van der Waals surface area contributed by atoms with Crippen molar-refractivity contribution >= 4 is 5.97 Å². The molecule has 0 aliphatic heterocycles. The zero-order chi connectivity index (χ0) is 18.7. The fraction of sp³-hybridized carbons (Fsp3) is 0.550. The summed E-state index contributed by atoms with van der Waals surface area (Å²) in [6.45, 7) is 3.97. The molecule has 0 spiro atoms. The van der Waals surface area contributed by atoms with Crippen LogP contribution in [0.5, 0.6) is 5.75 Å². The quantitative estimate of drug-likeness (QED) is 0.533. The standard InChI is InChI=1S/C20H31NO4/c1-4-6-9-15-10-7-12-18(23)19(15)20(24)25-17(11-8-13-21-3)14-16(22)5-2/h7-8,10,12-13,16-17,21-23H,4-6,9,11,14H2,1-3H3/b13-8+. The number of ether oxygens (including phenoxy) is 1. The van der Waals surface area contributed by atoms with E-state index in [1.807, 2.05) is 19.1 Å². The first-order valence-electron chi connectivity index (χ1n) is 9.05. The molecule has 0 aliphatic rings. The molecule has 0 aromatic heterocycles. The molecule has 5 heteroatoms. The molecule has 1 aromatic rings. The van der Waals surface area contributed by atoms with Crippen molar-refractivity contribution in [3.05, 3.63) is 41.6 Å². The molecular formula is C20H31NO4. The van der Waals surface area contributed by atoms with Crippen molar-refractivity contribution < 1.29 is 19.7 Å². The number of phenolic OH excluding ortho intramolecular Hbond substituents is 1. The molecule has 0 fully saturated rings. The smallest absolute Gasteiger partial charge is 0.342 e. The van der Waals surface area contributed by atoms with Gasteiger partial charge >= 0.3 is 5.97 Å². The normalized spacial score (nSPS) is 13.6. The van der Waals surface area contributed by atoms with E-state index in [9.17, 15) is 15.0 Å². The molecule has 140 valence electrons. The summed E-state index contributed by atoms with van der Waals surface area (Å²) in [5.41, 5.74) is 1.04. The van der Waals surface area contributed by atoms with Gasteiger partial charge in [-0.1, -0.05) is 38.5 Å². The van der Waals surface area contributed by atoms with Crippen molar-refractivity contribution in [2.24, 2.45) is 0 Å². The monoisotopic (exact) mass is 349 g/mol. The van der Waals surface area contributed by atoms with E-state index in [-0.39, 0.29) is 11.3 Å². The fourth-order valence-corrected chi connectivity index (χ4v) is 2.61. The predicted octanol–water partition coefficient (Wildman–Crippen LogP) is 3.54. The van der Waals surface area contributed by atoms with Gasteiger partial charge < -0.3 is 20.3 Å². The average molecular weight is 349 g/mol. The molecule has 25 heavy (non-hydrogen) atoms. The van der Waals surface area contributed by atoms with Crippen LogP contribution in [0, 0.1) is 0 Å². The van der Waals surface area contributed by atoms with Crippen molar-refractivity contribution in [2.45, 2.75) is 64.6 Å². The van der Waals surface area contributed by atoms with Gasteiger partial charge in [-0.15, -0.1) is 0 Å². The van der Waals surface area contributed by atoms with Crippen LogP contribution < -0.4 is 5.32 Å². The molecule has 0 aliphatic carbocycles. The number of hydrogen-bond acceptors (Lipinski definition) is 5. The number of aliphatic hydroxyl groups is 1. The number of esters is 1. The predicted molar refractivity (Wildman–Crippen MR) is 99.7 cm³/mol. The Bertz CT molecular complexity index is 557. The van der Waals surface area contributed by atoms with Gasteiger partial charge in [0.05, 0.1) is 6.10 Å². The molecule has 0 saturated carbocycles. The van der Waals surface area contributed by atoms with Crippen LogP contribution >= 0.6 is 0 Å². The second kappa shape index (κ2) is 11.5. The van der Waals surface area contributed by atoms with Crippen molar-refractivity contribution in [3.8, 4) is 5.75 Å². The van der Waals surface area contributed by atoms with Crippen LogP contribution in [-0.2, 0) is 11.2 Å². The first-order chi connectivity index (χ1) is 12.0. The fourth-order valence-electron chi connectivity index (χ4n) is 2.61. The van der Waals surface area contributed by atoms with Gasteiger partial charge in [-0.3, -0.25) is 0 Å². The van der Waals surface area contributed by atoms with Gasteiger partial charge in [-0.2, -0.15) is 0 Å². The van der Waals surface area contributed by atoms with Gasteiger partial charge in [-0.05, 0) is 37.1 Å². The Balaban J connectivity index is 2.92. The van der Waals surface area contributed by atoms with Gasteiger partial charge in [0.1, 0.15) is 17.4 Å². The highest BCUT2D eigenvalue weighted by atomic mass is 16.5. The maximum atomic E-state index is 12.7. The van der Waals surface area contributed by atoms with Crippen molar-refractivity contribution in [1.29, 1.82) is 0 Å². The van der Waals surface area contributed by atoms with E-state index < -0.39 is 18.2 Å². The minimum atomic E-state index is -0.532. The number of carbonyl (C=O) groups excluding carboxylic acids is 1. The summed E-state index contributed by atoms with van der Waals surface area (Å²) < 4.78 is 5.62. The van der Waals surface area contributed by atoms with Crippen LogP contribution in [0.15, 0.2) is 30.5 Å². The van der Waals surface area contributed by atoms with Crippen LogP contribution in [0.3, 0.4) is 0 Å². The first-order valence-corrected chi connectivity index (χ1v) is 9.05. The van der Waals surface area contributed by atoms with Gasteiger partial charge in [0.25, 0.3) is 0 Å². The number of aryl methyl sites for hydroxylation is 1. The van der Waals surface area contributed by atoms with Gasteiger partial charge in [0.2, 0.25) is 0 Å². The lowest BCUT2D eigenvalue weighted by Gasteiger charge is -2.20. The van der Waals surface area contributed by atoms with Crippen LogP contribution in [-0.4, -0.2) is 35.4 Å². The van der Waals surface area contributed by atoms with E-state index in [0.29, 0.717) is 19.3 Å². The van der Waals surface area contributed by atoms with E-state index in [1.165, 1.54) is 6.07 Å². The number of rotatable bonds is 11. The maximum absolute atomic E-state index is 12.7. The molecule has 2 unspecified atom stereocenters. The van der Waals surface area contributed by atoms with Crippen LogP contribution in [0.25, 0.3) is 0 Å². The Morgan fingerprint density at radius 2 is 2.12 bits per heavy atom. The van der Waals surface area contributed by atoms with Crippen LogP contribution in [0.1, 0.15) is 61.9 Å².